The van der Waals surface area contributed by atoms with Gasteiger partial charge >= 0.3 is 0 Å². The van der Waals surface area contributed by atoms with Crippen molar-refractivity contribution in [1.82, 2.24) is 9.97 Å². The second-order valence-corrected chi connectivity index (χ2v) is 6.06. The second kappa shape index (κ2) is 8.97. The molecular weight excluding hydrogens is 328 g/mol. The smallest absolute Gasteiger partial charge is 0.218 e. The highest BCUT2D eigenvalue weighted by Crippen LogP contribution is 2.16. The Balaban J connectivity index is 1.50. The van der Waals surface area contributed by atoms with E-state index in [1.54, 1.807) is 12.5 Å². The van der Waals surface area contributed by atoms with E-state index in [2.05, 4.69) is 9.97 Å². The van der Waals surface area contributed by atoms with Gasteiger partial charge in [0.1, 0.15) is 17.7 Å². The minimum atomic E-state index is 0.169. The van der Waals surface area contributed by atoms with Crippen LogP contribution in [0.3, 0.4) is 0 Å². The lowest BCUT2D eigenvalue weighted by Crippen LogP contribution is -2.05. The van der Waals surface area contributed by atoms with Crippen molar-refractivity contribution in [3.63, 3.8) is 0 Å². The molecule has 2 aromatic heterocycles. The first-order chi connectivity index (χ1) is 12.7. The van der Waals surface area contributed by atoms with E-state index in [0.717, 1.165) is 22.7 Å². The summed E-state index contributed by atoms with van der Waals surface area (Å²) in [5.41, 5.74) is 2.69. The Morgan fingerprint density at radius 2 is 1.81 bits per heavy atom. The number of rotatable bonds is 8. The Morgan fingerprint density at radius 3 is 2.54 bits per heavy atom. The molecule has 0 saturated carbocycles. The molecule has 3 rings (SSSR count). The molecule has 5 heteroatoms. The highest BCUT2D eigenvalue weighted by Gasteiger charge is 2.02. The highest BCUT2D eigenvalue weighted by atomic mass is 16.5. The molecule has 0 saturated heterocycles. The Bertz CT molecular complexity index is 824. The number of nitrogens with zero attached hydrogens (tertiary/aromatic N) is 2. The molecule has 134 valence electrons. The summed E-state index contributed by atoms with van der Waals surface area (Å²) < 4.78 is 16.7. The van der Waals surface area contributed by atoms with Gasteiger partial charge in [-0.05, 0) is 49.8 Å². The first-order valence-corrected chi connectivity index (χ1v) is 8.56. The van der Waals surface area contributed by atoms with Crippen LogP contribution in [-0.2, 0) is 18.0 Å². The number of benzene rings is 1. The highest BCUT2D eigenvalue weighted by molar-refractivity contribution is 5.66. The molecule has 0 aliphatic rings. The summed E-state index contributed by atoms with van der Waals surface area (Å²) in [6.45, 7) is 4.85. The molecule has 0 aliphatic carbocycles. The lowest BCUT2D eigenvalue weighted by molar-refractivity contribution is 0.102. The molecular formula is C21H22N2O3. The van der Waals surface area contributed by atoms with Gasteiger partial charge in [0.25, 0.3) is 0 Å². The van der Waals surface area contributed by atoms with Crippen molar-refractivity contribution >= 4 is 12.2 Å². The van der Waals surface area contributed by atoms with Gasteiger partial charge in [-0.3, -0.25) is 4.98 Å². The van der Waals surface area contributed by atoms with Gasteiger partial charge in [0.15, 0.2) is 0 Å². The van der Waals surface area contributed by atoms with Crippen molar-refractivity contribution in [3.8, 4) is 5.75 Å². The molecule has 0 amide bonds. The maximum absolute atomic E-state index is 5.63. The number of hydrogen-bond acceptors (Lipinski definition) is 5. The SMILES string of the molecule is CC(C)Oc1ccc(C=Cc2nc(COCc3ccccn3)co2)cc1. The van der Waals surface area contributed by atoms with Crippen LogP contribution in [0.15, 0.2) is 59.3 Å². The zero-order valence-electron chi connectivity index (χ0n) is 15.0. The minimum absolute atomic E-state index is 0.169. The van der Waals surface area contributed by atoms with Gasteiger partial charge in [0, 0.05) is 12.3 Å². The topological polar surface area (TPSA) is 57.4 Å². The van der Waals surface area contributed by atoms with Crippen molar-refractivity contribution in [2.45, 2.75) is 33.2 Å². The monoisotopic (exact) mass is 350 g/mol. The third-order valence-corrected chi connectivity index (χ3v) is 3.47. The van der Waals surface area contributed by atoms with Crippen LogP contribution in [0.1, 0.15) is 36.7 Å². The molecule has 0 radical (unpaired) electrons. The summed E-state index contributed by atoms with van der Waals surface area (Å²) in [6.07, 6.45) is 7.31. The fourth-order valence-corrected chi connectivity index (χ4v) is 2.31. The van der Waals surface area contributed by atoms with E-state index in [9.17, 15) is 0 Å². The van der Waals surface area contributed by atoms with Gasteiger partial charge in [-0.2, -0.15) is 0 Å². The van der Waals surface area contributed by atoms with E-state index in [1.165, 1.54) is 0 Å². The lowest BCUT2D eigenvalue weighted by atomic mass is 10.2. The van der Waals surface area contributed by atoms with Gasteiger partial charge in [0.05, 0.1) is 25.0 Å². The Hall–Kier alpha value is -2.92. The van der Waals surface area contributed by atoms with Crippen LogP contribution in [0.2, 0.25) is 0 Å². The number of pyridine rings is 1. The molecule has 0 aliphatic heterocycles. The number of aromatic nitrogens is 2. The Morgan fingerprint density at radius 1 is 1.00 bits per heavy atom. The van der Waals surface area contributed by atoms with Crippen molar-refractivity contribution in [2.75, 3.05) is 0 Å². The van der Waals surface area contributed by atoms with Crippen LogP contribution in [0.25, 0.3) is 12.2 Å². The quantitative estimate of drug-likeness (QED) is 0.587. The molecule has 2 heterocycles. The van der Waals surface area contributed by atoms with E-state index < -0.39 is 0 Å². The van der Waals surface area contributed by atoms with E-state index >= 15 is 0 Å². The average Bonchev–Trinajstić information content (AvgIpc) is 3.09. The van der Waals surface area contributed by atoms with E-state index in [1.807, 2.05) is 68.5 Å². The summed E-state index contributed by atoms with van der Waals surface area (Å²) in [7, 11) is 0. The molecule has 0 N–H and O–H groups in total. The molecule has 3 aromatic rings. The fraction of sp³-hybridized carbons (Fsp3) is 0.238. The van der Waals surface area contributed by atoms with Gasteiger partial charge in [-0.25, -0.2) is 4.98 Å². The summed E-state index contributed by atoms with van der Waals surface area (Å²) in [6, 6.07) is 13.6. The van der Waals surface area contributed by atoms with Gasteiger partial charge in [-0.1, -0.05) is 18.2 Å². The van der Waals surface area contributed by atoms with Gasteiger partial charge < -0.3 is 13.9 Å². The number of ether oxygens (including phenoxy) is 2. The summed E-state index contributed by atoms with van der Waals surface area (Å²) in [5, 5.41) is 0. The standard InChI is InChI=1S/C21H22N2O3/c1-16(2)26-20-9-6-17(7-10-20)8-11-21-23-19(15-25-21)14-24-13-18-5-3-4-12-22-18/h3-12,15-16H,13-14H2,1-2H3. The van der Waals surface area contributed by atoms with E-state index in [-0.39, 0.29) is 6.10 Å². The number of oxazole rings is 1. The summed E-state index contributed by atoms with van der Waals surface area (Å²) >= 11 is 0. The number of hydrogen-bond donors (Lipinski definition) is 0. The minimum Gasteiger partial charge on any atom is -0.491 e. The zero-order chi connectivity index (χ0) is 18.2. The summed E-state index contributed by atoms with van der Waals surface area (Å²) in [5.74, 6) is 1.41. The average molecular weight is 350 g/mol. The predicted octanol–water partition coefficient (Wildman–Crippen LogP) is 4.74. The normalized spacial score (nSPS) is 11.3. The first-order valence-electron chi connectivity index (χ1n) is 8.56. The molecule has 26 heavy (non-hydrogen) atoms. The predicted molar refractivity (Wildman–Crippen MR) is 100 cm³/mol. The second-order valence-electron chi connectivity index (χ2n) is 6.06. The van der Waals surface area contributed by atoms with Gasteiger partial charge in [0.2, 0.25) is 5.89 Å². The van der Waals surface area contributed by atoms with Crippen LogP contribution >= 0.6 is 0 Å². The lowest BCUT2D eigenvalue weighted by Gasteiger charge is -2.09. The van der Waals surface area contributed by atoms with Crippen molar-refractivity contribution in [1.29, 1.82) is 0 Å². The molecule has 0 fully saturated rings. The van der Waals surface area contributed by atoms with Crippen LogP contribution < -0.4 is 4.74 Å². The molecule has 0 bridgehead atoms. The third kappa shape index (κ3) is 5.57. The van der Waals surface area contributed by atoms with Crippen molar-refractivity contribution in [3.05, 3.63) is 77.8 Å². The molecule has 0 unspecified atom stereocenters. The zero-order valence-corrected chi connectivity index (χ0v) is 15.0. The first kappa shape index (κ1) is 17.9. The Kier molecular flexibility index (Phi) is 6.17. The molecule has 1 aromatic carbocycles. The molecule has 0 atom stereocenters. The van der Waals surface area contributed by atoms with Crippen LogP contribution in [-0.4, -0.2) is 16.1 Å². The fourth-order valence-electron chi connectivity index (χ4n) is 2.31. The molecule has 0 spiro atoms. The maximum Gasteiger partial charge on any atom is 0.218 e. The van der Waals surface area contributed by atoms with Crippen LogP contribution in [0.4, 0.5) is 0 Å². The van der Waals surface area contributed by atoms with E-state index in [0.29, 0.717) is 19.1 Å². The Labute approximate surface area is 153 Å². The maximum atomic E-state index is 5.63. The van der Waals surface area contributed by atoms with Gasteiger partial charge in [-0.15, -0.1) is 0 Å². The van der Waals surface area contributed by atoms with Crippen LogP contribution in [0.5, 0.6) is 5.75 Å². The largest absolute Gasteiger partial charge is 0.491 e. The third-order valence-electron chi connectivity index (χ3n) is 3.47. The van der Waals surface area contributed by atoms with Crippen molar-refractivity contribution < 1.29 is 13.9 Å². The molecule has 5 nitrogen and oxygen atoms in total. The van der Waals surface area contributed by atoms with E-state index in [4.69, 9.17) is 13.9 Å². The van der Waals surface area contributed by atoms with Crippen molar-refractivity contribution in [2.24, 2.45) is 0 Å². The summed E-state index contributed by atoms with van der Waals surface area (Å²) in [4.78, 5) is 8.60. The van der Waals surface area contributed by atoms with Crippen LogP contribution in [0, 0.1) is 0 Å².